The van der Waals surface area contributed by atoms with Crippen molar-refractivity contribution in [1.29, 1.82) is 0 Å². The van der Waals surface area contributed by atoms with Gasteiger partial charge in [0.1, 0.15) is 11.6 Å². The van der Waals surface area contributed by atoms with Gasteiger partial charge in [-0.25, -0.2) is 14.2 Å². The van der Waals surface area contributed by atoms with Gasteiger partial charge in [0.05, 0.1) is 18.9 Å². The minimum Gasteiger partial charge on any atom is -0.494 e. The maximum atomic E-state index is 12.6. The first-order valence-corrected chi connectivity index (χ1v) is 9.29. The molecule has 28 heavy (non-hydrogen) atoms. The Kier molecular flexibility index (Phi) is 6.03. The van der Waals surface area contributed by atoms with Crippen LogP contribution in [0.3, 0.4) is 0 Å². The van der Waals surface area contributed by atoms with Gasteiger partial charge in [-0.15, -0.1) is 0 Å². The maximum absolute atomic E-state index is 12.6. The molecule has 1 N–H and O–H groups in total. The summed E-state index contributed by atoms with van der Waals surface area (Å²) in [5.41, 5.74) is -0.469. The molecule has 1 aromatic carbocycles. The van der Waals surface area contributed by atoms with E-state index in [0.717, 1.165) is 4.57 Å². The van der Waals surface area contributed by atoms with Crippen LogP contribution in [0.1, 0.15) is 13.8 Å². The summed E-state index contributed by atoms with van der Waals surface area (Å²) in [6.45, 7) is 6.44. The quantitative estimate of drug-likeness (QED) is 0.827. The molecule has 0 radical (unpaired) electrons. The van der Waals surface area contributed by atoms with Crippen LogP contribution in [0.15, 0.2) is 39.9 Å². The van der Waals surface area contributed by atoms with E-state index in [1.165, 1.54) is 6.07 Å². The molecule has 1 saturated heterocycles. The smallest absolute Gasteiger partial charge is 0.409 e. The third kappa shape index (κ3) is 4.19. The molecule has 1 fully saturated rings. The average molecular weight is 388 g/mol. The summed E-state index contributed by atoms with van der Waals surface area (Å²) in [5.74, 6) is 1.12. The van der Waals surface area contributed by atoms with Crippen LogP contribution in [-0.2, 0) is 4.74 Å². The fraction of sp³-hybridized carbons (Fsp3) is 0.421. The lowest BCUT2D eigenvalue weighted by Crippen LogP contribution is -2.50. The molecule has 1 amide bonds. The summed E-state index contributed by atoms with van der Waals surface area (Å²) < 4.78 is 11.5. The van der Waals surface area contributed by atoms with Crippen molar-refractivity contribution >= 4 is 11.9 Å². The lowest BCUT2D eigenvalue weighted by atomic mass is 10.3. The molecule has 9 nitrogen and oxygen atoms in total. The average Bonchev–Trinajstić information content (AvgIpc) is 2.69. The molecule has 0 atom stereocenters. The zero-order valence-electron chi connectivity index (χ0n) is 16.0. The van der Waals surface area contributed by atoms with Gasteiger partial charge in [0, 0.05) is 32.2 Å². The molecule has 1 aliphatic heterocycles. The van der Waals surface area contributed by atoms with Gasteiger partial charge in [0.15, 0.2) is 0 Å². The Morgan fingerprint density at radius 2 is 1.71 bits per heavy atom. The first-order chi connectivity index (χ1) is 13.5. The first kappa shape index (κ1) is 19.5. The summed E-state index contributed by atoms with van der Waals surface area (Å²) >= 11 is 0. The lowest BCUT2D eigenvalue weighted by molar-refractivity contribution is 0.105. The van der Waals surface area contributed by atoms with Gasteiger partial charge in [-0.1, -0.05) is 0 Å². The molecule has 9 heteroatoms. The van der Waals surface area contributed by atoms with E-state index in [0.29, 0.717) is 56.6 Å². The van der Waals surface area contributed by atoms with Crippen LogP contribution in [-0.4, -0.2) is 59.9 Å². The van der Waals surface area contributed by atoms with Crippen molar-refractivity contribution in [3.8, 4) is 11.4 Å². The Bertz CT molecular complexity index is 895. The third-order valence-electron chi connectivity index (χ3n) is 4.47. The van der Waals surface area contributed by atoms with Gasteiger partial charge in [0.25, 0.3) is 5.56 Å². The number of aromatic amines is 1. The zero-order valence-corrected chi connectivity index (χ0v) is 16.0. The highest BCUT2D eigenvalue weighted by Gasteiger charge is 2.23. The van der Waals surface area contributed by atoms with E-state index >= 15 is 0 Å². The van der Waals surface area contributed by atoms with Crippen molar-refractivity contribution in [2.24, 2.45) is 0 Å². The van der Waals surface area contributed by atoms with Crippen molar-refractivity contribution in [2.75, 3.05) is 44.3 Å². The highest BCUT2D eigenvalue weighted by molar-refractivity contribution is 5.68. The molecule has 0 bridgehead atoms. The summed E-state index contributed by atoms with van der Waals surface area (Å²) in [6, 6.07) is 8.16. The second-order valence-electron chi connectivity index (χ2n) is 6.23. The maximum Gasteiger partial charge on any atom is 0.409 e. The molecule has 1 aliphatic rings. The van der Waals surface area contributed by atoms with Crippen LogP contribution in [0.2, 0.25) is 0 Å². The number of carbonyl (C=O) groups is 1. The number of anilines is 1. The number of carbonyl (C=O) groups excluding carboxylic acids is 1. The van der Waals surface area contributed by atoms with E-state index < -0.39 is 11.2 Å². The Morgan fingerprint density at radius 1 is 1.04 bits per heavy atom. The van der Waals surface area contributed by atoms with Crippen molar-refractivity contribution in [1.82, 2.24) is 14.5 Å². The molecule has 3 rings (SSSR count). The van der Waals surface area contributed by atoms with Crippen molar-refractivity contribution in [3.63, 3.8) is 0 Å². The van der Waals surface area contributed by atoms with Gasteiger partial charge in [0.2, 0.25) is 0 Å². The molecule has 1 aromatic heterocycles. The molecule has 0 aliphatic carbocycles. The van der Waals surface area contributed by atoms with E-state index in [1.54, 1.807) is 36.1 Å². The van der Waals surface area contributed by atoms with Gasteiger partial charge in [-0.2, -0.15) is 0 Å². The number of aromatic nitrogens is 2. The Labute approximate surface area is 162 Å². The van der Waals surface area contributed by atoms with Crippen LogP contribution in [0.4, 0.5) is 10.6 Å². The van der Waals surface area contributed by atoms with Gasteiger partial charge in [-0.05, 0) is 38.1 Å². The minimum atomic E-state index is -0.514. The Balaban J connectivity index is 1.77. The molecule has 0 unspecified atom stereocenters. The van der Waals surface area contributed by atoms with Gasteiger partial charge < -0.3 is 19.3 Å². The summed E-state index contributed by atoms with van der Waals surface area (Å²) in [4.78, 5) is 43.1. The van der Waals surface area contributed by atoms with E-state index in [1.807, 2.05) is 11.8 Å². The molecular weight excluding hydrogens is 364 g/mol. The van der Waals surface area contributed by atoms with E-state index in [4.69, 9.17) is 9.47 Å². The van der Waals surface area contributed by atoms with E-state index in [9.17, 15) is 14.4 Å². The number of hydrogen-bond acceptors (Lipinski definition) is 6. The van der Waals surface area contributed by atoms with Crippen LogP contribution in [0.25, 0.3) is 5.69 Å². The highest BCUT2D eigenvalue weighted by Crippen LogP contribution is 2.14. The second-order valence-corrected chi connectivity index (χ2v) is 6.23. The van der Waals surface area contributed by atoms with Gasteiger partial charge in [-0.3, -0.25) is 9.78 Å². The number of amides is 1. The monoisotopic (exact) mass is 388 g/mol. The molecule has 2 heterocycles. The fourth-order valence-corrected chi connectivity index (χ4v) is 3.10. The zero-order chi connectivity index (χ0) is 20.1. The number of nitrogens with one attached hydrogen (secondary N) is 1. The number of ether oxygens (including phenoxy) is 2. The summed E-state index contributed by atoms with van der Waals surface area (Å²) in [7, 11) is 0. The van der Waals surface area contributed by atoms with Crippen LogP contribution >= 0.6 is 0 Å². The van der Waals surface area contributed by atoms with Crippen molar-refractivity contribution in [2.45, 2.75) is 13.8 Å². The molecule has 150 valence electrons. The topological polar surface area (TPSA) is 96.9 Å². The summed E-state index contributed by atoms with van der Waals surface area (Å²) in [5, 5.41) is 0. The normalized spacial score (nSPS) is 14.1. The van der Waals surface area contributed by atoms with Crippen LogP contribution in [0.5, 0.6) is 5.75 Å². The fourth-order valence-electron chi connectivity index (χ4n) is 3.10. The van der Waals surface area contributed by atoms with E-state index in [-0.39, 0.29) is 6.09 Å². The third-order valence-corrected chi connectivity index (χ3v) is 4.47. The van der Waals surface area contributed by atoms with Crippen LogP contribution in [0, 0.1) is 0 Å². The van der Waals surface area contributed by atoms with E-state index in [2.05, 4.69) is 4.98 Å². The Morgan fingerprint density at radius 3 is 2.29 bits per heavy atom. The standard InChI is InChI=1S/C19H24N4O5/c1-3-27-15-7-5-14(6-8-15)23-17(24)13-16(20-18(23)25)21-9-11-22(12-10-21)19(26)28-4-2/h5-8,13H,3-4,9-12H2,1-2H3,(H,20,25). The largest absolute Gasteiger partial charge is 0.494 e. The Hall–Kier alpha value is -3.23. The number of hydrogen-bond donors (Lipinski definition) is 1. The molecule has 2 aromatic rings. The molecule has 0 spiro atoms. The number of benzene rings is 1. The second kappa shape index (κ2) is 8.64. The lowest BCUT2D eigenvalue weighted by Gasteiger charge is -2.34. The predicted molar refractivity (Wildman–Crippen MR) is 105 cm³/mol. The highest BCUT2D eigenvalue weighted by atomic mass is 16.6. The van der Waals surface area contributed by atoms with Crippen molar-refractivity contribution in [3.05, 3.63) is 51.2 Å². The number of piperazine rings is 1. The molecular formula is C19H24N4O5. The number of rotatable bonds is 5. The first-order valence-electron chi connectivity index (χ1n) is 9.29. The predicted octanol–water partition coefficient (Wildman–Crippen LogP) is 1.20. The minimum absolute atomic E-state index is 0.330. The van der Waals surface area contributed by atoms with Crippen molar-refractivity contribution < 1.29 is 14.3 Å². The SMILES string of the molecule is CCOC(=O)N1CCN(c2cc(=O)n(-c3ccc(OCC)cc3)c(=O)[nH]2)CC1. The molecule has 0 saturated carbocycles. The number of H-pyrrole nitrogens is 1. The van der Waals surface area contributed by atoms with Gasteiger partial charge >= 0.3 is 11.8 Å². The summed E-state index contributed by atoms with van der Waals surface area (Å²) in [6.07, 6.45) is -0.346. The van der Waals surface area contributed by atoms with Crippen LogP contribution < -0.4 is 20.9 Å². The number of nitrogens with zero attached hydrogens (tertiary/aromatic N) is 3.